The molecule has 122 valence electrons. The van der Waals surface area contributed by atoms with E-state index in [1.165, 1.54) is 0 Å². The molecule has 6 nitrogen and oxygen atoms in total. The third kappa shape index (κ3) is 5.30. The molecule has 0 saturated carbocycles. The summed E-state index contributed by atoms with van der Waals surface area (Å²) in [5.41, 5.74) is 0.901. The highest BCUT2D eigenvalue weighted by atomic mass is 32.1. The monoisotopic (exact) mass is 334 g/mol. The molecule has 1 N–H and O–H groups in total. The zero-order chi connectivity index (χ0) is 16.5. The molecule has 0 aliphatic rings. The molecule has 1 aromatic carbocycles. The lowest BCUT2D eigenvalue weighted by Crippen LogP contribution is -2.26. The number of nitrogens with zero attached hydrogens (tertiary/aromatic N) is 1. The van der Waals surface area contributed by atoms with E-state index in [9.17, 15) is 4.79 Å². The minimum Gasteiger partial charge on any atom is -0.493 e. The molecule has 2 rings (SSSR count). The molecule has 0 saturated heterocycles. The van der Waals surface area contributed by atoms with Crippen molar-refractivity contribution in [1.82, 2.24) is 5.32 Å². The lowest BCUT2D eigenvalue weighted by Gasteiger charge is -2.10. The Hall–Kier alpha value is -2.54. The number of methoxy groups -OCH3 is 2. The highest BCUT2D eigenvalue weighted by Crippen LogP contribution is 2.27. The van der Waals surface area contributed by atoms with Gasteiger partial charge in [-0.3, -0.25) is 4.79 Å². The Morgan fingerprint density at radius 2 is 2.09 bits per heavy atom. The van der Waals surface area contributed by atoms with E-state index in [4.69, 9.17) is 14.3 Å². The van der Waals surface area contributed by atoms with Crippen LogP contribution in [0.4, 0.5) is 0 Å². The van der Waals surface area contributed by atoms with Gasteiger partial charge in [-0.2, -0.15) is 0 Å². The second kappa shape index (κ2) is 8.79. The molecule has 0 spiro atoms. The van der Waals surface area contributed by atoms with Crippen molar-refractivity contribution in [2.75, 3.05) is 20.8 Å². The third-order valence-electron chi connectivity index (χ3n) is 2.93. The molecule has 1 aromatic heterocycles. The average molecular weight is 334 g/mol. The Kier molecular flexibility index (Phi) is 6.43. The molecule has 0 fully saturated rings. The SMILES string of the molecule is COc1ccc(CNC(=O)CO/N=C/c2cccs2)cc1OC. The Bertz CT molecular complexity index is 656. The van der Waals surface area contributed by atoms with Gasteiger partial charge in [-0.25, -0.2) is 0 Å². The Balaban J connectivity index is 1.75. The first kappa shape index (κ1) is 16.8. The summed E-state index contributed by atoms with van der Waals surface area (Å²) >= 11 is 1.54. The third-order valence-corrected chi connectivity index (χ3v) is 3.74. The molecule has 0 unspecified atom stereocenters. The molecule has 0 aliphatic carbocycles. The van der Waals surface area contributed by atoms with Gasteiger partial charge in [-0.05, 0) is 29.1 Å². The van der Waals surface area contributed by atoms with Crippen molar-refractivity contribution < 1.29 is 19.1 Å². The van der Waals surface area contributed by atoms with Gasteiger partial charge >= 0.3 is 0 Å². The summed E-state index contributed by atoms with van der Waals surface area (Å²) in [6, 6.07) is 9.30. The minimum atomic E-state index is -0.247. The molecule has 2 aromatic rings. The number of hydrogen-bond donors (Lipinski definition) is 1. The van der Waals surface area contributed by atoms with Crippen LogP contribution in [0.15, 0.2) is 40.9 Å². The van der Waals surface area contributed by atoms with Crippen LogP contribution in [0.3, 0.4) is 0 Å². The number of carbonyl (C=O) groups excluding carboxylic acids is 1. The second-order valence-electron chi connectivity index (χ2n) is 4.49. The average Bonchev–Trinajstić information content (AvgIpc) is 3.10. The number of benzene rings is 1. The van der Waals surface area contributed by atoms with Gasteiger partial charge in [-0.1, -0.05) is 17.3 Å². The van der Waals surface area contributed by atoms with Gasteiger partial charge < -0.3 is 19.6 Å². The maximum Gasteiger partial charge on any atom is 0.261 e. The number of hydrogen-bond acceptors (Lipinski definition) is 6. The van der Waals surface area contributed by atoms with Crippen LogP contribution in [0.1, 0.15) is 10.4 Å². The van der Waals surface area contributed by atoms with E-state index >= 15 is 0 Å². The van der Waals surface area contributed by atoms with Crippen LogP contribution in [-0.2, 0) is 16.2 Å². The summed E-state index contributed by atoms with van der Waals surface area (Å²) in [4.78, 5) is 17.6. The summed E-state index contributed by atoms with van der Waals surface area (Å²) in [7, 11) is 3.15. The van der Waals surface area contributed by atoms with Crippen molar-refractivity contribution in [2.45, 2.75) is 6.54 Å². The van der Waals surface area contributed by atoms with E-state index < -0.39 is 0 Å². The van der Waals surface area contributed by atoms with Crippen molar-refractivity contribution >= 4 is 23.5 Å². The van der Waals surface area contributed by atoms with Crippen molar-refractivity contribution in [3.05, 3.63) is 46.2 Å². The highest BCUT2D eigenvalue weighted by molar-refractivity contribution is 7.11. The van der Waals surface area contributed by atoms with Gasteiger partial charge in [0.05, 0.1) is 20.4 Å². The predicted molar refractivity (Wildman–Crippen MR) is 89.3 cm³/mol. The molecule has 0 aliphatic heterocycles. The Morgan fingerprint density at radius 1 is 1.26 bits per heavy atom. The summed E-state index contributed by atoms with van der Waals surface area (Å²) in [5, 5.41) is 8.44. The van der Waals surface area contributed by atoms with E-state index in [0.717, 1.165) is 10.4 Å². The van der Waals surface area contributed by atoms with Crippen LogP contribution in [-0.4, -0.2) is 32.9 Å². The van der Waals surface area contributed by atoms with E-state index in [-0.39, 0.29) is 12.5 Å². The fraction of sp³-hybridized carbons (Fsp3) is 0.250. The van der Waals surface area contributed by atoms with Gasteiger partial charge in [0.2, 0.25) is 0 Å². The van der Waals surface area contributed by atoms with Crippen LogP contribution in [0.2, 0.25) is 0 Å². The molecule has 23 heavy (non-hydrogen) atoms. The van der Waals surface area contributed by atoms with Crippen molar-refractivity contribution in [3.63, 3.8) is 0 Å². The van der Waals surface area contributed by atoms with E-state index in [0.29, 0.717) is 18.0 Å². The van der Waals surface area contributed by atoms with E-state index in [1.807, 2.05) is 29.6 Å². The zero-order valence-electron chi connectivity index (χ0n) is 12.9. The summed E-state index contributed by atoms with van der Waals surface area (Å²) in [6.07, 6.45) is 1.58. The van der Waals surface area contributed by atoms with Crippen molar-refractivity contribution in [2.24, 2.45) is 5.16 Å². The van der Waals surface area contributed by atoms with Gasteiger partial charge in [0.25, 0.3) is 5.91 Å². The smallest absolute Gasteiger partial charge is 0.261 e. The van der Waals surface area contributed by atoms with E-state index in [2.05, 4.69) is 10.5 Å². The molecule has 0 atom stereocenters. The quantitative estimate of drug-likeness (QED) is 0.595. The first-order valence-corrected chi connectivity index (χ1v) is 7.77. The number of amides is 1. The van der Waals surface area contributed by atoms with Gasteiger partial charge in [0, 0.05) is 11.4 Å². The molecule has 0 radical (unpaired) electrons. The first-order chi connectivity index (χ1) is 11.2. The highest BCUT2D eigenvalue weighted by Gasteiger charge is 2.06. The molecule has 7 heteroatoms. The molecular weight excluding hydrogens is 316 g/mol. The fourth-order valence-electron chi connectivity index (χ4n) is 1.79. The number of thiophene rings is 1. The normalized spacial score (nSPS) is 10.5. The van der Waals surface area contributed by atoms with Crippen LogP contribution < -0.4 is 14.8 Å². The maximum atomic E-state index is 11.7. The Morgan fingerprint density at radius 3 is 2.78 bits per heavy atom. The molecule has 1 amide bonds. The minimum absolute atomic E-state index is 0.130. The van der Waals surface area contributed by atoms with Crippen LogP contribution >= 0.6 is 11.3 Å². The fourth-order valence-corrected chi connectivity index (χ4v) is 2.37. The van der Waals surface area contributed by atoms with Crippen molar-refractivity contribution in [3.8, 4) is 11.5 Å². The van der Waals surface area contributed by atoms with Crippen molar-refractivity contribution in [1.29, 1.82) is 0 Å². The zero-order valence-corrected chi connectivity index (χ0v) is 13.8. The standard InChI is InChI=1S/C16H18N2O4S/c1-20-14-6-5-12(8-15(14)21-2)9-17-16(19)11-22-18-10-13-4-3-7-23-13/h3-8,10H,9,11H2,1-2H3,(H,17,19)/b18-10+. The molecule has 1 heterocycles. The lowest BCUT2D eigenvalue weighted by molar-refractivity contribution is -0.125. The Labute approximate surface area is 138 Å². The van der Waals surface area contributed by atoms with Crippen LogP contribution in [0.25, 0.3) is 0 Å². The summed E-state index contributed by atoms with van der Waals surface area (Å²) < 4.78 is 10.4. The number of rotatable bonds is 8. The number of carbonyl (C=O) groups is 1. The number of nitrogens with one attached hydrogen (secondary N) is 1. The van der Waals surface area contributed by atoms with Crippen LogP contribution in [0, 0.1) is 0 Å². The largest absolute Gasteiger partial charge is 0.493 e. The predicted octanol–water partition coefficient (Wildman–Crippen LogP) is 2.43. The van der Waals surface area contributed by atoms with Gasteiger partial charge in [-0.15, -0.1) is 11.3 Å². The topological polar surface area (TPSA) is 69.2 Å². The maximum absolute atomic E-state index is 11.7. The lowest BCUT2D eigenvalue weighted by atomic mass is 10.2. The van der Waals surface area contributed by atoms with Gasteiger partial charge in [0.15, 0.2) is 18.1 Å². The second-order valence-corrected chi connectivity index (χ2v) is 5.47. The number of oxime groups is 1. The molecular formula is C16H18N2O4S. The summed E-state index contributed by atoms with van der Waals surface area (Å²) in [5.74, 6) is 1.02. The molecule has 0 bridgehead atoms. The van der Waals surface area contributed by atoms with Crippen LogP contribution in [0.5, 0.6) is 11.5 Å². The first-order valence-electron chi connectivity index (χ1n) is 6.89. The van der Waals surface area contributed by atoms with Gasteiger partial charge in [0.1, 0.15) is 0 Å². The number of ether oxygens (including phenoxy) is 2. The summed E-state index contributed by atoms with van der Waals surface area (Å²) in [6.45, 7) is 0.242. The van der Waals surface area contributed by atoms with E-state index in [1.54, 1.807) is 37.8 Å².